The Morgan fingerprint density at radius 3 is 2.47 bits per heavy atom. The van der Waals surface area contributed by atoms with Crippen LogP contribution in [0.25, 0.3) is 11.1 Å². The van der Waals surface area contributed by atoms with Crippen LogP contribution >= 0.6 is 0 Å². The van der Waals surface area contributed by atoms with Crippen molar-refractivity contribution in [3.63, 3.8) is 0 Å². The van der Waals surface area contributed by atoms with Crippen LogP contribution in [0.1, 0.15) is 36.5 Å². The van der Waals surface area contributed by atoms with Gasteiger partial charge in [0.1, 0.15) is 0 Å². The van der Waals surface area contributed by atoms with Crippen LogP contribution in [0, 0.1) is 0 Å². The molecule has 0 fully saturated rings. The van der Waals surface area contributed by atoms with Crippen LogP contribution in [-0.4, -0.2) is 5.11 Å². The number of hydrogen-bond donors (Lipinski definition) is 1. The monoisotopic (exact) mass is 224 g/mol. The zero-order valence-corrected chi connectivity index (χ0v) is 9.93. The van der Waals surface area contributed by atoms with Gasteiger partial charge in [0, 0.05) is 0 Å². The molecule has 3 rings (SSSR count). The molecular formula is C16H16O. The minimum absolute atomic E-state index is 0.288. The smallest absolute Gasteiger partial charge is 0.0798 e. The average Bonchev–Trinajstić information content (AvgIpc) is 2.66. The van der Waals surface area contributed by atoms with Gasteiger partial charge in [0.15, 0.2) is 0 Å². The highest BCUT2D eigenvalue weighted by molar-refractivity contribution is 5.65. The summed E-state index contributed by atoms with van der Waals surface area (Å²) < 4.78 is 0. The number of fused-ring (bicyclic) bond motifs is 1. The van der Waals surface area contributed by atoms with Crippen LogP contribution in [0.3, 0.4) is 0 Å². The van der Waals surface area contributed by atoms with Crippen LogP contribution in [0.2, 0.25) is 0 Å². The van der Waals surface area contributed by atoms with Crippen molar-refractivity contribution in [3.05, 3.63) is 59.7 Å². The zero-order chi connectivity index (χ0) is 11.8. The molecule has 1 aliphatic carbocycles. The lowest BCUT2D eigenvalue weighted by Crippen LogP contribution is -1.90. The van der Waals surface area contributed by atoms with Crippen molar-refractivity contribution in [1.82, 2.24) is 0 Å². The Bertz CT molecular complexity index is 530. The predicted octanol–water partition coefficient (Wildman–Crippen LogP) is 3.89. The molecule has 1 nitrogen and oxygen atoms in total. The van der Waals surface area contributed by atoms with Crippen LogP contribution < -0.4 is 0 Å². The number of benzene rings is 2. The van der Waals surface area contributed by atoms with E-state index in [0.29, 0.717) is 5.92 Å². The molecule has 2 aromatic rings. The summed E-state index contributed by atoms with van der Waals surface area (Å²) in [4.78, 5) is 0. The summed E-state index contributed by atoms with van der Waals surface area (Å²) in [5, 5.41) is 10.0. The maximum absolute atomic E-state index is 10.0. The topological polar surface area (TPSA) is 20.2 Å². The summed E-state index contributed by atoms with van der Waals surface area (Å²) in [6.45, 7) is 2.18. The van der Waals surface area contributed by atoms with Gasteiger partial charge in [0.25, 0.3) is 0 Å². The standard InChI is InChI=1S/C16H16O/c1-11-9-16(17)15-10-13(7-8-14(11)15)12-5-3-2-4-6-12/h2-8,10-11,16-17H,9H2,1H3. The SMILES string of the molecule is CC1CC(O)c2cc(-c3ccccc3)ccc21. The third-order valence-electron chi connectivity index (χ3n) is 3.66. The maximum Gasteiger partial charge on any atom is 0.0798 e. The first-order valence-corrected chi connectivity index (χ1v) is 6.13. The zero-order valence-electron chi connectivity index (χ0n) is 9.93. The minimum atomic E-state index is -0.288. The van der Waals surface area contributed by atoms with Crippen molar-refractivity contribution >= 4 is 0 Å². The molecule has 1 heteroatoms. The normalized spacial score (nSPS) is 22.5. The van der Waals surface area contributed by atoms with Crippen LogP contribution in [0.5, 0.6) is 0 Å². The van der Waals surface area contributed by atoms with Crippen molar-refractivity contribution in [2.75, 3.05) is 0 Å². The van der Waals surface area contributed by atoms with Crippen LogP contribution in [-0.2, 0) is 0 Å². The second-order valence-electron chi connectivity index (χ2n) is 4.86. The largest absolute Gasteiger partial charge is 0.388 e. The van der Waals surface area contributed by atoms with Gasteiger partial charge in [0.2, 0.25) is 0 Å². The molecular weight excluding hydrogens is 208 g/mol. The Morgan fingerprint density at radius 1 is 0.941 bits per heavy atom. The fraction of sp³-hybridized carbons (Fsp3) is 0.250. The van der Waals surface area contributed by atoms with Gasteiger partial charge < -0.3 is 5.11 Å². The van der Waals surface area contributed by atoms with Crippen molar-refractivity contribution < 1.29 is 5.11 Å². The van der Waals surface area contributed by atoms with E-state index in [1.165, 1.54) is 16.7 Å². The summed E-state index contributed by atoms with van der Waals surface area (Å²) in [7, 11) is 0. The molecule has 2 aromatic carbocycles. The highest BCUT2D eigenvalue weighted by atomic mass is 16.3. The first kappa shape index (κ1) is 10.5. The molecule has 0 amide bonds. The van der Waals surface area contributed by atoms with Crippen LogP contribution in [0.15, 0.2) is 48.5 Å². The molecule has 0 aromatic heterocycles. The molecule has 86 valence electrons. The van der Waals surface area contributed by atoms with E-state index in [2.05, 4.69) is 37.3 Å². The van der Waals surface area contributed by atoms with Gasteiger partial charge in [-0.25, -0.2) is 0 Å². The lowest BCUT2D eigenvalue weighted by molar-refractivity contribution is 0.174. The molecule has 1 aliphatic rings. The molecule has 0 aliphatic heterocycles. The summed E-state index contributed by atoms with van der Waals surface area (Å²) in [5.74, 6) is 0.477. The molecule has 0 radical (unpaired) electrons. The van der Waals surface area contributed by atoms with E-state index in [9.17, 15) is 5.11 Å². The maximum atomic E-state index is 10.0. The van der Waals surface area contributed by atoms with Gasteiger partial charge in [-0.1, -0.05) is 49.4 Å². The Hall–Kier alpha value is -1.60. The molecule has 17 heavy (non-hydrogen) atoms. The lowest BCUT2D eigenvalue weighted by atomic mass is 9.98. The van der Waals surface area contributed by atoms with Gasteiger partial charge >= 0.3 is 0 Å². The first-order valence-electron chi connectivity index (χ1n) is 6.13. The van der Waals surface area contributed by atoms with Crippen molar-refractivity contribution in [2.24, 2.45) is 0 Å². The third kappa shape index (κ3) is 1.77. The second kappa shape index (κ2) is 4.01. The van der Waals surface area contributed by atoms with E-state index < -0.39 is 0 Å². The summed E-state index contributed by atoms with van der Waals surface area (Å²) >= 11 is 0. The van der Waals surface area contributed by atoms with E-state index >= 15 is 0 Å². The third-order valence-corrected chi connectivity index (χ3v) is 3.66. The van der Waals surface area contributed by atoms with E-state index in [1.54, 1.807) is 0 Å². The molecule has 0 saturated heterocycles. The van der Waals surface area contributed by atoms with E-state index in [-0.39, 0.29) is 6.10 Å². The lowest BCUT2D eigenvalue weighted by Gasteiger charge is -2.08. The quantitative estimate of drug-likeness (QED) is 0.779. The molecule has 0 heterocycles. The van der Waals surface area contributed by atoms with Gasteiger partial charge in [-0.2, -0.15) is 0 Å². The first-order chi connectivity index (χ1) is 8.25. The van der Waals surface area contributed by atoms with Gasteiger partial charge in [-0.15, -0.1) is 0 Å². The van der Waals surface area contributed by atoms with E-state index in [4.69, 9.17) is 0 Å². The molecule has 2 atom stereocenters. The second-order valence-corrected chi connectivity index (χ2v) is 4.86. The van der Waals surface area contributed by atoms with Crippen LogP contribution in [0.4, 0.5) is 0 Å². The summed E-state index contributed by atoms with van der Waals surface area (Å²) in [6.07, 6.45) is 0.566. The molecule has 0 saturated carbocycles. The van der Waals surface area contributed by atoms with Crippen molar-refractivity contribution in [3.8, 4) is 11.1 Å². The number of hydrogen-bond acceptors (Lipinski definition) is 1. The average molecular weight is 224 g/mol. The molecule has 0 bridgehead atoms. The molecule has 0 spiro atoms. The number of aliphatic hydroxyl groups is 1. The van der Waals surface area contributed by atoms with Gasteiger partial charge in [-0.3, -0.25) is 0 Å². The summed E-state index contributed by atoms with van der Waals surface area (Å²) in [5.41, 5.74) is 4.82. The van der Waals surface area contributed by atoms with Crippen molar-refractivity contribution in [1.29, 1.82) is 0 Å². The minimum Gasteiger partial charge on any atom is -0.388 e. The molecule has 1 N–H and O–H groups in total. The Labute approximate surface area is 102 Å². The Kier molecular flexibility index (Phi) is 2.49. The summed E-state index contributed by atoms with van der Waals surface area (Å²) in [6, 6.07) is 16.8. The van der Waals surface area contributed by atoms with Gasteiger partial charge in [-0.05, 0) is 40.7 Å². The van der Waals surface area contributed by atoms with E-state index in [0.717, 1.165) is 12.0 Å². The van der Waals surface area contributed by atoms with Gasteiger partial charge in [0.05, 0.1) is 6.10 Å². The Morgan fingerprint density at radius 2 is 1.71 bits per heavy atom. The highest BCUT2D eigenvalue weighted by Crippen LogP contribution is 2.41. The van der Waals surface area contributed by atoms with E-state index in [1.807, 2.05) is 18.2 Å². The number of rotatable bonds is 1. The fourth-order valence-corrected chi connectivity index (χ4v) is 2.71. The molecule has 2 unspecified atom stereocenters. The fourth-order valence-electron chi connectivity index (χ4n) is 2.71. The Balaban J connectivity index is 2.08. The predicted molar refractivity (Wildman–Crippen MR) is 69.9 cm³/mol. The number of aliphatic hydroxyl groups excluding tert-OH is 1. The highest BCUT2D eigenvalue weighted by Gasteiger charge is 2.26. The van der Waals surface area contributed by atoms with Crippen molar-refractivity contribution in [2.45, 2.75) is 25.4 Å².